The van der Waals surface area contributed by atoms with Crippen LogP contribution < -0.4 is 20.3 Å². The molecule has 0 unspecified atom stereocenters. The van der Waals surface area contributed by atoms with E-state index in [1.165, 1.54) is 0 Å². The Morgan fingerprint density at radius 1 is 1.19 bits per heavy atom. The van der Waals surface area contributed by atoms with E-state index >= 15 is 0 Å². The van der Waals surface area contributed by atoms with Gasteiger partial charge in [0.2, 0.25) is 5.91 Å². The van der Waals surface area contributed by atoms with Crippen LogP contribution in [0.5, 0.6) is 11.5 Å². The summed E-state index contributed by atoms with van der Waals surface area (Å²) in [7, 11) is 0. The summed E-state index contributed by atoms with van der Waals surface area (Å²) in [5.74, 6) is 1.23. The smallest absolute Gasteiger partial charge is 0.408 e. The minimum Gasteiger partial charge on any atom is -0.455 e. The molecule has 170 valence electrons. The van der Waals surface area contributed by atoms with Crippen LogP contribution in [0.1, 0.15) is 45.2 Å². The van der Waals surface area contributed by atoms with Gasteiger partial charge in [0, 0.05) is 17.1 Å². The normalized spacial score (nSPS) is 19.4. The fourth-order valence-corrected chi connectivity index (χ4v) is 4.43. The van der Waals surface area contributed by atoms with Crippen molar-refractivity contribution in [3.05, 3.63) is 53.1 Å². The molecule has 2 atom stereocenters. The number of fused-ring (bicyclic) bond motifs is 5. The summed E-state index contributed by atoms with van der Waals surface area (Å²) in [6, 6.07) is 13.2. The number of nitrogens with one attached hydrogen (secondary N) is 2. The molecule has 0 bridgehead atoms. The highest BCUT2D eigenvalue weighted by Gasteiger charge is 2.38. The third-order valence-electron chi connectivity index (χ3n) is 5.46. The highest BCUT2D eigenvalue weighted by Crippen LogP contribution is 2.48. The number of anilines is 1. The van der Waals surface area contributed by atoms with Crippen molar-refractivity contribution < 1.29 is 19.1 Å². The zero-order chi connectivity index (χ0) is 22.9. The van der Waals surface area contributed by atoms with Gasteiger partial charge in [-0.3, -0.25) is 4.79 Å². The predicted octanol–water partition coefficient (Wildman–Crippen LogP) is 4.80. The molecule has 2 aromatic rings. The number of piperidine rings is 1. The van der Waals surface area contributed by atoms with Crippen LogP contribution in [0.3, 0.4) is 0 Å². The van der Waals surface area contributed by atoms with Crippen molar-refractivity contribution in [3.63, 3.8) is 0 Å². The predicted molar refractivity (Wildman–Crippen MR) is 123 cm³/mol. The Bertz CT molecular complexity index is 1020. The number of ether oxygens (including phenoxy) is 2. The Kier molecular flexibility index (Phi) is 6.20. The van der Waals surface area contributed by atoms with E-state index in [2.05, 4.69) is 15.5 Å². The molecule has 0 spiro atoms. The molecule has 2 aromatic carbocycles. The first-order chi connectivity index (χ1) is 15.2. The monoisotopic (exact) mass is 457 g/mol. The lowest BCUT2D eigenvalue weighted by atomic mass is 9.89. The maximum Gasteiger partial charge on any atom is 0.408 e. The zero-order valence-electron chi connectivity index (χ0n) is 18.5. The molecular formula is C24H28ClN3O4. The molecule has 1 fully saturated rings. The first-order valence-electron chi connectivity index (χ1n) is 10.8. The van der Waals surface area contributed by atoms with Crippen molar-refractivity contribution in [1.29, 1.82) is 0 Å². The average Bonchev–Trinajstić information content (AvgIpc) is 2.86. The lowest BCUT2D eigenvalue weighted by Crippen LogP contribution is -2.52. The summed E-state index contributed by atoms with van der Waals surface area (Å²) in [6.45, 7) is 5.99. The molecule has 32 heavy (non-hydrogen) atoms. The van der Waals surface area contributed by atoms with E-state index in [-0.39, 0.29) is 24.5 Å². The van der Waals surface area contributed by atoms with Gasteiger partial charge in [-0.15, -0.1) is 0 Å². The average molecular weight is 458 g/mol. The minimum absolute atomic E-state index is 0.120. The Labute approximate surface area is 193 Å². The number of amides is 2. The van der Waals surface area contributed by atoms with Crippen molar-refractivity contribution in [2.45, 2.75) is 51.3 Å². The third kappa shape index (κ3) is 4.93. The van der Waals surface area contributed by atoms with E-state index in [4.69, 9.17) is 21.1 Å². The van der Waals surface area contributed by atoms with Crippen molar-refractivity contribution in [1.82, 2.24) is 10.6 Å². The van der Waals surface area contributed by atoms with Crippen LogP contribution in [0.15, 0.2) is 42.5 Å². The molecule has 0 aromatic heterocycles. The number of carbonyl (C=O) groups is 2. The van der Waals surface area contributed by atoms with Crippen LogP contribution in [-0.2, 0) is 9.53 Å². The quantitative estimate of drug-likeness (QED) is 0.692. The molecule has 2 amide bonds. The Morgan fingerprint density at radius 3 is 2.75 bits per heavy atom. The molecule has 0 radical (unpaired) electrons. The Morgan fingerprint density at radius 2 is 1.97 bits per heavy atom. The minimum atomic E-state index is -0.622. The molecular weight excluding hydrogens is 430 g/mol. The molecule has 7 nitrogen and oxygen atoms in total. The Hall–Kier alpha value is -2.93. The van der Waals surface area contributed by atoms with Gasteiger partial charge in [-0.1, -0.05) is 29.8 Å². The van der Waals surface area contributed by atoms with Crippen LogP contribution >= 0.6 is 11.6 Å². The van der Waals surface area contributed by atoms with Crippen molar-refractivity contribution in [2.24, 2.45) is 0 Å². The number of halogens is 1. The van der Waals surface area contributed by atoms with Gasteiger partial charge >= 0.3 is 6.09 Å². The van der Waals surface area contributed by atoms with Crippen LogP contribution in [0.2, 0.25) is 5.02 Å². The van der Waals surface area contributed by atoms with Gasteiger partial charge in [0.05, 0.1) is 17.8 Å². The second kappa shape index (κ2) is 8.90. The maximum absolute atomic E-state index is 12.7. The number of benzene rings is 2. The lowest BCUT2D eigenvalue weighted by molar-refractivity contribution is -0.121. The second-order valence-corrected chi connectivity index (χ2v) is 9.50. The van der Waals surface area contributed by atoms with E-state index < -0.39 is 11.7 Å². The molecule has 1 saturated heterocycles. The summed E-state index contributed by atoms with van der Waals surface area (Å²) in [5, 5.41) is 6.27. The molecule has 2 N–H and O–H groups in total. The first kappa shape index (κ1) is 22.3. The number of alkyl carbamates (subject to hydrolysis) is 1. The highest BCUT2D eigenvalue weighted by atomic mass is 35.5. The maximum atomic E-state index is 12.7. The van der Waals surface area contributed by atoms with Gasteiger partial charge in [0.15, 0.2) is 5.75 Å². The van der Waals surface area contributed by atoms with E-state index in [9.17, 15) is 9.59 Å². The summed E-state index contributed by atoms with van der Waals surface area (Å²) in [6.07, 6.45) is 1.09. The summed E-state index contributed by atoms with van der Waals surface area (Å²) < 4.78 is 11.5. The van der Waals surface area contributed by atoms with Crippen molar-refractivity contribution >= 4 is 29.3 Å². The number of rotatable bonds is 3. The highest BCUT2D eigenvalue weighted by molar-refractivity contribution is 6.31. The fraction of sp³-hybridized carbons (Fsp3) is 0.417. The third-order valence-corrected chi connectivity index (χ3v) is 5.69. The number of hydrogen-bond donors (Lipinski definition) is 2. The molecule has 4 rings (SSSR count). The van der Waals surface area contributed by atoms with E-state index in [1.54, 1.807) is 20.8 Å². The van der Waals surface area contributed by atoms with Gasteiger partial charge in [-0.2, -0.15) is 0 Å². The van der Waals surface area contributed by atoms with E-state index in [1.807, 2.05) is 42.5 Å². The van der Waals surface area contributed by atoms with Crippen LogP contribution in [-0.4, -0.2) is 36.7 Å². The fourth-order valence-electron chi connectivity index (χ4n) is 4.26. The molecule has 2 heterocycles. The standard InChI is InChI=1S/C24H28ClN3O4/c1-24(2,3)32-23(30)26-14-21(29)27-17-8-6-12-28-18-13-15(25)10-11-20(18)31-19-9-5-4-7-16(19)22(17)28/h4-5,7,9-11,13,17,22H,6,8,12,14H2,1-3H3,(H,26,30)(H,27,29)/t17-,22+/m1/s1. The molecule has 2 aliphatic heterocycles. The van der Waals surface area contributed by atoms with Crippen LogP contribution in [0, 0.1) is 0 Å². The molecule has 2 aliphatic rings. The van der Waals surface area contributed by atoms with Crippen molar-refractivity contribution in [3.8, 4) is 11.5 Å². The number of nitrogens with zero attached hydrogens (tertiary/aromatic N) is 1. The largest absolute Gasteiger partial charge is 0.455 e. The van der Waals surface area contributed by atoms with Gasteiger partial charge in [0.1, 0.15) is 17.9 Å². The topological polar surface area (TPSA) is 79.9 Å². The summed E-state index contributed by atoms with van der Waals surface area (Å²) >= 11 is 6.31. The second-order valence-electron chi connectivity index (χ2n) is 9.06. The number of para-hydroxylation sites is 1. The number of hydrogen-bond acceptors (Lipinski definition) is 5. The molecule has 0 saturated carbocycles. The number of carbonyl (C=O) groups excluding carboxylic acids is 2. The van der Waals surface area contributed by atoms with Gasteiger partial charge < -0.3 is 25.0 Å². The summed E-state index contributed by atoms with van der Waals surface area (Å²) in [4.78, 5) is 26.9. The van der Waals surface area contributed by atoms with Crippen molar-refractivity contribution in [2.75, 3.05) is 18.0 Å². The molecule has 8 heteroatoms. The Balaban J connectivity index is 1.56. The lowest BCUT2D eigenvalue weighted by Gasteiger charge is -2.42. The van der Waals surface area contributed by atoms with Gasteiger partial charge in [-0.05, 0) is 57.9 Å². The first-order valence-corrected chi connectivity index (χ1v) is 11.2. The van der Waals surface area contributed by atoms with E-state index in [0.29, 0.717) is 5.02 Å². The zero-order valence-corrected chi connectivity index (χ0v) is 19.2. The van der Waals surface area contributed by atoms with Crippen LogP contribution in [0.25, 0.3) is 0 Å². The SMILES string of the molecule is CC(C)(C)OC(=O)NCC(=O)N[C@@H]1CCCN2c3cc(Cl)ccc3Oc3ccccc3[C@@H]12. The van der Waals surface area contributed by atoms with Crippen LogP contribution in [0.4, 0.5) is 10.5 Å². The van der Waals surface area contributed by atoms with Gasteiger partial charge in [0.25, 0.3) is 0 Å². The molecule has 0 aliphatic carbocycles. The van der Waals surface area contributed by atoms with Gasteiger partial charge in [-0.25, -0.2) is 4.79 Å². The summed E-state index contributed by atoms with van der Waals surface area (Å²) in [5.41, 5.74) is 1.29. The van der Waals surface area contributed by atoms with E-state index in [0.717, 1.165) is 42.1 Å².